The number of aliphatic carboxylic acids is 1. The Kier molecular flexibility index (Phi) is 20.8. The summed E-state index contributed by atoms with van der Waals surface area (Å²) in [7, 11) is 0. The van der Waals surface area contributed by atoms with Crippen LogP contribution in [0.15, 0.2) is 0 Å². The largest absolute Gasteiger partial charge is 0.479 e. The minimum atomic E-state index is -1.23. The Morgan fingerprint density at radius 1 is 0.700 bits per heavy atom. The van der Waals surface area contributed by atoms with Crippen LogP contribution >= 0.6 is 0 Å². The summed E-state index contributed by atoms with van der Waals surface area (Å²) < 4.78 is 9.56. The molecule has 0 fully saturated rings. The summed E-state index contributed by atoms with van der Waals surface area (Å²) in [6, 6.07) is 0. The van der Waals surface area contributed by atoms with Gasteiger partial charge in [-0.3, -0.25) is 9.59 Å². The number of unbranched alkanes of at least 4 members (excludes halogenated alkanes) is 5. The van der Waals surface area contributed by atoms with Gasteiger partial charge in [-0.05, 0) is 19.8 Å². The number of carbonyl (C=O) groups is 3. The monoisotopic (exact) mass is 440 g/mol. The van der Waals surface area contributed by atoms with Crippen LogP contribution in [-0.4, -0.2) is 93.3 Å². The maximum Gasteiger partial charge on any atom is 0.332 e. The zero-order valence-corrected chi connectivity index (χ0v) is 17.4. The summed E-state index contributed by atoms with van der Waals surface area (Å²) >= 11 is 0. The molecule has 6 N–H and O–H groups in total. The molecule has 0 aromatic rings. The van der Waals surface area contributed by atoms with Gasteiger partial charge in [0, 0.05) is 12.8 Å². The third-order valence-corrected chi connectivity index (χ3v) is 3.66. The Morgan fingerprint density at radius 3 is 1.27 bits per heavy atom. The number of carboxylic acid groups (broad SMARTS) is 1. The fourth-order valence-corrected chi connectivity index (χ4v) is 1.87. The number of aliphatic hydroxyl groups excluding tert-OH is 5. The van der Waals surface area contributed by atoms with Crippen LogP contribution in [0.1, 0.15) is 58.3 Å². The molecular weight excluding hydrogens is 404 g/mol. The van der Waals surface area contributed by atoms with Crippen LogP contribution in [0.4, 0.5) is 0 Å². The predicted octanol–water partition coefficient (Wildman–Crippen LogP) is -0.648. The van der Waals surface area contributed by atoms with E-state index in [-0.39, 0.29) is 38.0 Å². The third-order valence-electron chi connectivity index (χ3n) is 3.66. The Balaban J connectivity index is 0. The topological polar surface area (TPSA) is 191 Å². The van der Waals surface area contributed by atoms with E-state index in [1.807, 2.05) is 0 Å². The van der Waals surface area contributed by atoms with E-state index in [0.717, 1.165) is 25.7 Å². The first-order chi connectivity index (χ1) is 14.1. The highest BCUT2D eigenvalue weighted by Gasteiger charge is 2.08. The number of carboxylic acids is 1. The van der Waals surface area contributed by atoms with Gasteiger partial charge >= 0.3 is 17.9 Å². The second-order valence-corrected chi connectivity index (χ2v) is 6.67. The van der Waals surface area contributed by atoms with E-state index < -0.39 is 37.5 Å². The van der Waals surface area contributed by atoms with Gasteiger partial charge in [-0.25, -0.2) is 4.79 Å². The zero-order valence-electron chi connectivity index (χ0n) is 17.4. The predicted molar refractivity (Wildman–Crippen MR) is 104 cm³/mol. The minimum absolute atomic E-state index is 0.180. The smallest absolute Gasteiger partial charge is 0.332 e. The van der Waals surface area contributed by atoms with E-state index >= 15 is 0 Å². The lowest BCUT2D eigenvalue weighted by Gasteiger charge is -2.08. The number of hydrogen-bond donors (Lipinski definition) is 6. The highest BCUT2D eigenvalue weighted by atomic mass is 16.5. The van der Waals surface area contributed by atoms with E-state index in [1.54, 1.807) is 0 Å². The molecule has 11 heteroatoms. The van der Waals surface area contributed by atoms with Crippen LogP contribution in [0.5, 0.6) is 0 Å². The van der Waals surface area contributed by atoms with Gasteiger partial charge in [-0.2, -0.15) is 0 Å². The molecule has 0 amide bonds. The number of ether oxygens (including phenoxy) is 2. The molecule has 0 rings (SSSR count). The first-order valence-corrected chi connectivity index (χ1v) is 9.93. The molecule has 0 aromatic carbocycles. The van der Waals surface area contributed by atoms with Crippen molar-refractivity contribution in [3.63, 3.8) is 0 Å². The normalized spacial score (nSPS) is 13.4. The second kappa shape index (κ2) is 20.5. The summed E-state index contributed by atoms with van der Waals surface area (Å²) in [6.07, 6.45) is 2.37. The van der Waals surface area contributed by atoms with Crippen molar-refractivity contribution in [2.24, 2.45) is 0 Å². The van der Waals surface area contributed by atoms with Gasteiger partial charge in [-0.15, -0.1) is 0 Å². The second-order valence-electron chi connectivity index (χ2n) is 6.67. The van der Waals surface area contributed by atoms with E-state index in [4.69, 9.17) is 40.1 Å². The zero-order chi connectivity index (χ0) is 23.4. The van der Waals surface area contributed by atoms with E-state index in [2.05, 4.69) is 0 Å². The van der Waals surface area contributed by atoms with Crippen molar-refractivity contribution < 1.29 is 54.5 Å². The van der Waals surface area contributed by atoms with E-state index in [9.17, 15) is 14.4 Å². The average molecular weight is 440 g/mol. The number of hydrogen-bond acceptors (Lipinski definition) is 10. The van der Waals surface area contributed by atoms with Crippen molar-refractivity contribution in [2.45, 2.75) is 76.6 Å². The van der Waals surface area contributed by atoms with Crippen LogP contribution in [0, 0.1) is 0 Å². The molecule has 0 radical (unpaired) electrons. The van der Waals surface area contributed by atoms with Gasteiger partial charge in [0.1, 0.15) is 31.5 Å². The van der Waals surface area contributed by atoms with Crippen molar-refractivity contribution in [1.82, 2.24) is 0 Å². The lowest BCUT2D eigenvalue weighted by Crippen LogP contribution is -2.21. The Labute approximate surface area is 176 Å². The number of esters is 2. The first-order valence-electron chi connectivity index (χ1n) is 9.93. The molecule has 0 aromatic heterocycles. The van der Waals surface area contributed by atoms with Gasteiger partial charge in [0.05, 0.1) is 13.2 Å². The molecule has 0 bridgehead atoms. The van der Waals surface area contributed by atoms with E-state index in [1.165, 1.54) is 6.92 Å². The lowest BCUT2D eigenvalue weighted by molar-refractivity contribution is -0.148. The van der Waals surface area contributed by atoms with Gasteiger partial charge in [0.15, 0.2) is 0 Å². The van der Waals surface area contributed by atoms with E-state index in [0.29, 0.717) is 12.8 Å². The van der Waals surface area contributed by atoms with Crippen LogP contribution in [0.25, 0.3) is 0 Å². The highest BCUT2D eigenvalue weighted by molar-refractivity contribution is 5.71. The highest BCUT2D eigenvalue weighted by Crippen LogP contribution is 2.09. The molecule has 3 atom stereocenters. The molecule has 0 saturated heterocycles. The molecular formula is C19H36O11. The van der Waals surface area contributed by atoms with Gasteiger partial charge in [0.25, 0.3) is 0 Å². The fraction of sp³-hybridized carbons (Fsp3) is 0.842. The molecule has 0 aliphatic heterocycles. The molecule has 178 valence electrons. The molecule has 0 aliphatic rings. The summed E-state index contributed by atoms with van der Waals surface area (Å²) in [4.78, 5) is 32.1. The molecule has 30 heavy (non-hydrogen) atoms. The van der Waals surface area contributed by atoms with Crippen LogP contribution in [0.2, 0.25) is 0 Å². The SMILES string of the molecule is CC(O)C(=O)O.O=C(CCCCCCCCC(=O)OCC(O)CO)OCC(O)CO. The molecule has 0 saturated carbocycles. The Bertz CT molecular complexity index is 422. The number of carbonyl (C=O) groups excluding carboxylic acids is 2. The number of aliphatic hydroxyl groups is 5. The summed E-state index contributed by atoms with van der Waals surface area (Å²) in [5, 5.41) is 51.0. The third kappa shape index (κ3) is 22.5. The van der Waals surface area contributed by atoms with Gasteiger partial charge in [-0.1, -0.05) is 25.7 Å². The molecule has 0 heterocycles. The Morgan fingerprint density at radius 2 is 1.00 bits per heavy atom. The molecule has 3 unspecified atom stereocenters. The van der Waals surface area contributed by atoms with Gasteiger partial charge in [0.2, 0.25) is 0 Å². The van der Waals surface area contributed by atoms with Crippen molar-refractivity contribution in [3.8, 4) is 0 Å². The van der Waals surface area contributed by atoms with Crippen molar-refractivity contribution in [3.05, 3.63) is 0 Å². The summed E-state index contributed by atoms with van der Waals surface area (Å²) in [6.45, 7) is -0.0183. The minimum Gasteiger partial charge on any atom is -0.479 e. The average Bonchev–Trinajstić information content (AvgIpc) is 2.72. The first kappa shape index (κ1) is 30.4. The molecule has 0 spiro atoms. The molecule has 0 aliphatic carbocycles. The van der Waals surface area contributed by atoms with Gasteiger partial charge < -0.3 is 40.1 Å². The molecule has 11 nitrogen and oxygen atoms in total. The van der Waals surface area contributed by atoms with Crippen LogP contribution in [-0.2, 0) is 23.9 Å². The van der Waals surface area contributed by atoms with Crippen molar-refractivity contribution in [2.75, 3.05) is 26.4 Å². The maximum absolute atomic E-state index is 11.3. The lowest BCUT2D eigenvalue weighted by atomic mass is 10.1. The standard InChI is InChI=1S/C16H30O8.C3H6O3/c17-9-13(19)11-23-15(21)7-5-3-1-2-4-6-8-16(22)24-12-14(20)10-18;1-2(4)3(5)6/h13-14,17-20H,1-12H2;2,4H,1H3,(H,5,6). The maximum atomic E-state index is 11.3. The van der Waals surface area contributed by atoms with Crippen LogP contribution in [0.3, 0.4) is 0 Å². The van der Waals surface area contributed by atoms with Crippen LogP contribution < -0.4 is 0 Å². The fourth-order valence-electron chi connectivity index (χ4n) is 1.87. The number of rotatable bonds is 16. The summed E-state index contributed by atoms with van der Waals surface area (Å²) in [5.41, 5.74) is 0. The van der Waals surface area contributed by atoms with Crippen molar-refractivity contribution in [1.29, 1.82) is 0 Å². The Hall–Kier alpha value is -1.79. The van der Waals surface area contributed by atoms with Crippen molar-refractivity contribution >= 4 is 17.9 Å². The summed E-state index contributed by atoms with van der Waals surface area (Å²) in [5.74, 6) is -1.94. The quantitative estimate of drug-likeness (QED) is 0.132.